The summed E-state index contributed by atoms with van der Waals surface area (Å²) in [7, 11) is 1.60. The highest BCUT2D eigenvalue weighted by atomic mass is 32.2. The summed E-state index contributed by atoms with van der Waals surface area (Å²) in [6.07, 6.45) is 0. The number of primary amides is 1. The van der Waals surface area contributed by atoms with E-state index < -0.39 is 11.2 Å². The first-order valence-electron chi connectivity index (χ1n) is 11.7. The minimum atomic E-state index is -0.610. The maximum absolute atomic E-state index is 13.5. The van der Waals surface area contributed by atoms with Gasteiger partial charge in [0.1, 0.15) is 11.0 Å². The van der Waals surface area contributed by atoms with Crippen molar-refractivity contribution in [1.82, 2.24) is 0 Å². The lowest BCUT2D eigenvalue weighted by atomic mass is 10.1. The molecule has 38 heavy (non-hydrogen) atoms. The lowest BCUT2D eigenvalue weighted by Gasteiger charge is -2.19. The van der Waals surface area contributed by atoms with Crippen molar-refractivity contribution in [1.29, 1.82) is 0 Å². The van der Waals surface area contributed by atoms with Gasteiger partial charge in [-0.1, -0.05) is 60.7 Å². The summed E-state index contributed by atoms with van der Waals surface area (Å²) in [6, 6.07) is 31.2. The van der Waals surface area contributed by atoms with Gasteiger partial charge in [-0.25, -0.2) is 0 Å². The number of nitrogens with two attached hydrogens (primary N) is 1. The van der Waals surface area contributed by atoms with Crippen molar-refractivity contribution in [3.05, 3.63) is 114 Å². The molecule has 0 spiro atoms. The first-order valence-corrected chi connectivity index (χ1v) is 13.0. The molecule has 1 unspecified atom stereocenters. The summed E-state index contributed by atoms with van der Waals surface area (Å²) >= 11 is 6.88. The predicted octanol–water partition coefficient (Wildman–Crippen LogP) is 6.08. The van der Waals surface area contributed by atoms with Crippen molar-refractivity contribution in [2.75, 3.05) is 23.1 Å². The second-order valence-electron chi connectivity index (χ2n) is 8.11. The third-order valence-corrected chi connectivity index (χ3v) is 6.94. The minimum absolute atomic E-state index is 0.250. The topological polar surface area (TPSA) is 105 Å². The molecule has 0 aliphatic carbocycles. The Balaban J connectivity index is 1.52. The van der Waals surface area contributed by atoms with Crippen LogP contribution in [0.25, 0.3) is 0 Å². The maximum Gasteiger partial charge on any atom is 0.250 e. The summed E-state index contributed by atoms with van der Waals surface area (Å²) in [5, 5.41) is 9.01. The maximum atomic E-state index is 13.5. The van der Waals surface area contributed by atoms with Crippen molar-refractivity contribution < 1.29 is 14.3 Å². The average Bonchev–Trinajstić information content (AvgIpc) is 2.93. The first kappa shape index (κ1) is 26.7. The number of rotatable bonds is 9. The van der Waals surface area contributed by atoms with Gasteiger partial charge in [-0.05, 0) is 60.2 Å². The summed E-state index contributed by atoms with van der Waals surface area (Å²) in [5.74, 6) is -0.210. The molecule has 4 aromatic rings. The number of nitrogens with one attached hydrogen (secondary N) is 3. The molecule has 0 saturated carbocycles. The molecule has 0 radical (unpaired) electrons. The van der Waals surface area contributed by atoms with E-state index in [1.807, 2.05) is 78.9 Å². The lowest BCUT2D eigenvalue weighted by molar-refractivity contribution is -0.115. The van der Waals surface area contributed by atoms with Gasteiger partial charge in [0.25, 0.3) is 5.91 Å². The number of hydrogen-bond acceptors (Lipinski definition) is 5. The number of para-hydroxylation sites is 3. The van der Waals surface area contributed by atoms with E-state index >= 15 is 0 Å². The molecule has 0 aliphatic heterocycles. The molecule has 7 nitrogen and oxygen atoms in total. The molecule has 9 heteroatoms. The van der Waals surface area contributed by atoms with E-state index in [0.29, 0.717) is 16.5 Å². The van der Waals surface area contributed by atoms with Crippen LogP contribution in [0.15, 0.2) is 108 Å². The van der Waals surface area contributed by atoms with Crippen LogP contribution in [0.2, 0.25) is 0 Å². The third-order valence-electron chi connectivity index (χ3n) is 5.49. The number of carbonyl (C=O) groups is 2. The van der Waals surface area contributed by atoms with E-state index in [-0.39, 0.29) is 11.5 Å². The van der Waals surface area contributed by atoms with Crippen LogP contribution in [-0.2, 0) is 4.79 Å². The van der Waals surface area contributed by atoms with Gasteiger partial charge < -0.3 is 26.4 Å². The number of amides is 2. The second-order valence-corrected chi connectivity index (χ2v) is 9.70. The third kappa shape index (κ3) is 6.90. The Hall–Kier alpha value is -4.34. The van der Waals surface area contributed by atoms with E-state index in [1.165, 1.54) is 11.8 Å². The van der Waals surface area contributed by atoms with Gasteiger partial charge in [0.2, 0.25) is 5.91 Å². The van der Waals surface area contributed by atoms with Crippen molar-refractivity contribution in [3.63, 3.8) is 0 Å². The molecule has 1 atom stereocenters. The zero-order chi connectivity index (χ0) is 26.9. The molecule has 0 saturated heterocycles. The number of thiocarbonyl (C=S) groups is 1. The van der Waals surface area contributed by atoms with Crippen molar-refractivity contribution in [2.45, 2.75) is 10.1 Å². The summed E-state index contributed by atoms with van der Waals surface area (Å²) in [6.45, 7) is 0. The Labute approximate surface area is 230 Å². The molecule has 192 valence electrons. The normalized spacial score (nSPS) is 11.2. The Morgan fingerprint density at radius 1 is 0.816 bits per heavy atom. The van der Waals surface area contributed by atoms with Gasteiger partial charge in [-0.2, -0.15) is 0 Å². The molecule has 5 N–H and O–H groups in total. The van der Waals surface area contributed by atoms with Crippen LogP contribution < -0.4 is 26.4 Å². The quantitative estimate of drug-likeness (QED) is 0.150. The second kappa shape index (κ2) is 12.8. The van der Waals surface area contributed by atoms with Crippen molar-refractivity contribution >= 4 is 58.0 Å². The van der Waals surface area contributed by atoms with Crippen LogP contribution in [-0.4, -0.2) is 24.0 Å². The molecule has 0 aromatic heterocycles. The molecule has 4 aromatic carbocycles. The van der Waals surface area contributed by atoms with Crippen molar-refractivity contribution in [3.8, 4) is 5.75 Å². The standard InChI is InChI=1S/C29H26N4O3S2/c1-36-25-17-8-7-16-24(25)33-29(37)31-20-12-9-13-21(18-20)38-26(19-10-3-2-4-11-19)28(35)32-23-15-6-5-14-22(23)27(30)34/h2-18,26H,1H3,(H2,30,34)(H,32,35)(H2,31,33,37). The van der Waals surface area contributed by atoms with Gasteiger partial charge in [0, 0.05) is 10.6 Å². The van der Waals surface area contributed by atoms with Crippen LogP contribution in [0.1, 0.15) is 21.2 Å². The highest BCUT2D eigenvalue weighted by molar-refractivity contribution is 8.00. The average molecular weight is 543 g/mol. The Bertz CT molecular complexity index is 1450. The zero-order valence-corrected chi connectivity index (χ0v) is 22.1. The predicted molar refractivity (Wildman–Crippen MR) is 158 cm³/mol. The fraction of sp³-hybridized carbons (Fsp3) is 0.0690. The van der Waals surface area contributed by atoms with Crippen molar-refractivity contribution in [2.24, 2.45) is 5.73 Å². The van der Waals surface area contributed by atoms with E-state index in [0.717, 1.165) is 21.8 Å². The molecule has 4 rings (SSSR count). The number of carbonyl (C=O) groups excluding carboxylic acids is 2. The molecule has 0 aliphatic rings. The van der Waals surface area contributed by atoms with E-state index in [2.05, 4.69) is 16.0 Å². The smallest absolute Gasteiger partial charge is 0.250 e. The highest BCUT2D eigenvalue weighted by Crippen LogP contribution is 2.37. The Kier molecular flexibility index (Phi) is 8.97. The van der Waals surface area contributed by atoms with Crippen LogP contribution in [0.3, 0.4) is 0 Å². The fourth-order valence-corrected chi connectivity index (χ4v) is 5.03. The van der Waals surface area contributed by atoms with Crippen LogP contribution in [0.5, 0.6) is 5.75 Å². The fourth-order valence-electron chi connectivity index (χ4n) is 3.72. The Morgan fingerprint density at radius 3 is 2.24 bits per heavy atom. The summed E-state index contributed by atoms with van der Waals surface area (Å²) < 4.78 is 5.37. The van der Waals surface area contributed by atoms with Crippen LogP contribution in [0, 0.1) is 0 Å². The lowest BCUT2D eigenvalue weighted by Crippen LogP contribution is -2.22. The SMILES string of the molecule is COc1ccccc1NC(=S)Nc1cccc(SC(C(=O)Nc2ccccc2C(N)=O)c2ccccc2)c1. The van der Waals surface area contributed by atoms with Gasteiger partial charge >= 0.3 is 0 Å². The molecular formula is C29H26N4O3S2. The van der Waals surface area contributed by atoms with E-state index in [9.17, 15) is 9.59 Å². The number of thioether (sulfide) groups is 1. The number of benzene rings is 4. The number of ether oxygens (including phenoxy) is 1. The van der Waals surface area contributed by atoms with E-state index in [1.54, 1.807) is 31.4 Å². The molecule has 0 fully saturated rings. The molecule has 0 bridgehead atoms. The van der Waals surface area contributed by atoms with Gasteiger partial charge in [0.05, 0.1) is 24.0 Å². The van der Waals surface area contributed by atoms with Gasteiger partial charge in [-0.3, -0.25) is 9.59 Å². The monoisotopic (exact) mass is 542 g/mol. The molecule has 0 heterocycles. The van der Waals surface area contributed by atoms with Gasteiger partial charge in [0.15, 0.2) is 5.11 Å². The minimum Gasteiger partial charge on any atom is -0.495 e. The molecule has 2 amide bonds. The van der Waals surface area contributed by atoms with Gasteiger partial charge in [-0.15, -0.1) is 11.8 Å². The highest BCUT2D eigenvalue weighted by Gasteiger charge is 2.23. The first-order chi connectivity index (χ1) is 18.4. The zero-order valence-electron chi connectivity index (χ0n) is 20.5. The number of methoxy groups -OCH3 is 1. The molecular weight excluding hydrogens is 516 g/mol. The van der Waals surface area contributed by atoms with Crippen LogP contribution >= 0.6 is 24.0 Å². The number of anilines is 3. The summed E-state index contributed by atoms with van der Waals surface area (Å²) in [4.78, 5) is 26.2. The van der Waals surface area contributed by atoms with Crippen LogP contribution in [0.4, 0.5) is 17.1 Å². The summed E-state index contributed by atoms with van der Waals surface area (Å²) in [5.41, 5.74) is 8.44. The number of hydrogen-bond donors (Lipinski definition) is 4. The Morgan fingerprint density at radius 2 is 1.50 bits per heavy atom. The largest absolute Gasteiger partial charge is 0.495 e. The van der Waals surface area contributed by atoms with E-state index in [4.69, 9.17) is 22.7 Å².